The molecule has 0 atom stereocenters. The van der Waals surface area contributed by atoms with Gasteiger partial charge in [-0.2, -0.15) is 18.4 Å². The third-order valence-electron chi connectivity index (χ3n) is 2.45. The van der Waals surface area contributed by atoms with Crippen molar-refractivity contribution in [3.63, 3.8) is 0 Å². The third kappa shape index (κ3) is 5.34. The van der Waals surface area contributed by atoms with Crippen molar-refractivity contribution in [3.05, 3.63) is 29.3 Å². The molecular formula is C14H15F3N2O2. The second-order valence-corrected chi connectivity index (χ2v) is 4.64. The van der Waals surface area contributed by atoms with Crippen molar-refractivity contribution in [3.8, 4) is 11.8 Å². The molecule has 0 bridgehead atoms. The van der Waals surface area contributed by atoms with Crippen LogP contribution >= 0.6 is 0 Å². The van der Waals surface area contributed by atoms with E-state index in [0.717, 1.165) is 12.1 Å². The molecule has 0 aliphatic rings. The van der Waals surface area contributed by atoms with Crippen molar-refractivity contribution >= 4 is 5.91 Å². The number of ether oxygens (including phenoxy) is 1. The maximum absolute atomic E-state index is 12.9. The summed E-state index contributed by atoms with van der Waals surface area (Å²) in [5.41, 5.74) is -1.13. The summed E-state index contributed by atoms with van der Waals surface area (Å²) in [5, 5.41) is 11.2. The van der Waals surface area contributed by atoms with E-state index in [1.165, 1.54) is 6.07 Å². The van der Waals surface area contributed by atoms with E-state index in [9.17, 15) is 18.0 Å². The lowest BCUT2D eigenvalue weighted by molar-refractivity contribution is -0.139. The minimum absolute atomic E-state index is 0.0434. The zero-order chi connectivity index (χ0) is 16.0. The highest BCUT2D eigenvalue weighted by atomic mass is 19.4. The Morgan fingerprint density at radius 2 is 2.10 bits per heavy atom. The lowest BCUT2D eigenvalue weighted by Gasteiger charge is -2.14. The number of carbonyl (C=O) groups excluding carboxylic acids is 1. The quantitative estimate of drug-likeness (QED) is 0.909. The molecule has 1 amide bonds. The number of carbonyl (C=O) groups is 1. The fraction of sp³-hybridized carbons (Fsp3) is 0.429. The Labute approximate surface area is 120 Å². The first kappa shape index (κ1) is 16.8. The topological polar surface area (TPSA) is 62.1 Å². The number of alkyl halides is 3. The van der Waals surface area contributed by atoms with E-state index in [4.69, 9.17) is 10.00 Å². The van der Waals surface area contributed by atoms with Crippen LogP contribution in [0, 0.1) is 11.3 Å². The minimum Gasteiger partial charge on any atom is -0.492 e. The van der Waals surface area contributed by atoms with E-state index in [2.05, 4.69) is 5.32 Å². The molecule has 0 saturated heterocycles. The number of rotatable bonds is 5. The molecule has 0 spiro atoms. The van der Waals surface area contributed by atoms with Crippen LogP contribution in [0.4, 0.5) is 13.2 Å². The molecule has 0 radical (unpaired) electrons. The Kier molecular flexibility index (Phi) is 5.59. The number of nitrogens with one attached hydrogen (secondary N) is 1. The molecule has 114 valence electrons. The largest absolute Gasteiger partial charge is 0.492 e. The normalized spacial score (nSPS) is 11.1. The molecule has 0 saturated carbocycles. The van der Waals surface area contributed by atoms with Crippen molar-refractivity contribution in [1.82, 2.24) is 5.32 Å². The lowest BCUT2D eigenvalue weighted by Crippen LogP contribution is -2.31. The van der Waals surface area contributed by atoms with Gasteiger partial charge < -0.3 is 10.1 Å². The number of halogens is 3. The second-order valence-electron chi connectivity index (χ2n) is 4.64. The van der Waals surface area contributed by atoms with Crippen LogP contribution in [0.3, 0.4) is 0 Å². The van der Waals surface area contributed by atoms with Crippen LogP contribution in [0.25, 0.3) is 0 Å². The van der Waals surface area contributed by atoms with Gasteiger partial charge in [-0.05, 0) is 32.0 Å². The summed E-state index contributed by atoms with van der Waals surface area (Å²) >= 11 is 0. The van der Waals surface area contributed by atoms with Gasteiger partial charge >= 0.3 is 6.18 Å². The summed E-state index contributed by atoms with van der Waals surface area (Å²) in [4.78, 5) is 11.4. The van der Waals surface area contributed by atoms with Crippen molar-refractivity contribution in [2.75, 3.05) is 6.61 Å². The highest BCUT2D eigenvalue weighted by Crippen LogP contribution is 2.36. The number of amides is 1. The summed E-state index contributed by atoms with van der Waals surface area (Å²) in [6, 6.07) is 4.65. The van der Waals surface area contributed by atoms with E-state index in [1.54, 1.807) is 19.9 Å². The van der Waals surface area contributed by atoms with Gasteiger partial charge in [0.1, 0.15) is 5.75 Å². The van der Waals surface area contributed by atoms with Crippen LogP contribution < -0.4 is 10.1 Å². The van der Waals surface area contributed by atoms with Crippen LogP contribution in [0.5, 0.6) is 5.75 Å². The van der Waals surface area contributed by atoms with Crippen molar-refractivity contribution < 1.29 is 22.7 Å². The summed E-state index contributed by atoms with van der Waals surface area (Å²) < 4.78 is 43.6. The SMILES string of the molecule is CC(C)NC(=O)CCOc1ccc(C#N)cc1C(F)(F)F. The number of hydrogen-bond acceptors (Lipinski definition) is 3. The van der Waals surface area contributed by atoms with Crippen LogP contribution in [-0.4, -0.2) is 18.6 Å². The molecule has 21 heavy (non-hydrogen) atoms. The smallest absolute Gasteiger partial charge is 0.420 e. The molecule has 4 nitrogen and oxygen atoms in total. The summed E-state index contributed by atoms with van der Waals surface area (Å²) in [6.07, 6.45) is -4.67. The van der Waals surface area contributed by atoms with E-state index in [1.807, 2.05) is 0 Å². The van der Waals surface area contributed by atoms with Crippen molar-refractivity contribution in [1.29, 1.82) is 5.26 Å². The Balaban J connectivity index is 2.75. The van der Waals surface area contributed by atoms with E-state index in [0.29, 0.717) is 0 Å². The highest BCUT2D eigenvalue weighted by molar-refractivity contribution is 5.76. The Bertz CT molecular complexity index is 548. The number of hydrogen-bond donors (Lipinski definition) is 1. The molecule has 1 aromatic rings. The Hall–Kier alpha value is -2.23. The zero-order valence-electron chi connectivity index (χ0n) is 11.6. The lowest BCUT2D eigenvalue weighted by atomic mass is 10.1. The highest BCUT2D eigenvalue weighted by Gasteiger charge is 2.34. The minimum atomic E-state index is -4.62. The Morgan fingerprint density at radius 1 is 1.43 bits per heavy atom. The molecular weight excluding hydrogens is 285 g/mol. The van der Waals surface area contributed by atoms with Gasteiger partial charge in [-0.3, -0.25) is 4.79 Å². The van der Waals surface area contributed by atoms with Gasteiger partial charge in [-0.25, -0.2) is 0 Å². The van der Waals surface area contributed by atoms with E-state index < -0.39 is 11.7 Å². The fourth-order valence-corrected chi connectivity index (χ4v) is 1.59. The van der Waals surface area contributed by atoms with Gasteiger partial charge in [0, 0.05) is 6.04 Å². The molecule has 0 unspecified atom stereocenters. The molecule has 0 fully saturated rings. The molecule has 7 heteroatoms. The molecule has 1 rings (SSSR count). The predicted molar refractivity (Wildman–Crippen MR) is 69.5 cm³/mol. The summed E-state index contributed by atoms with van der Waals surface area (Å²) in [5.74, 6) is -0.689. The summed E-state index contributed by atoms with van der Waals surface area (Å²) in [6.45, 7) is 3.38. The second kappa shape index (κ2) is 6.97. The van der Waals surface area contributed by atoms with Crippen molar-refractivity contribution in [2.24, 2.45) is 0 Å². The van der Waals surface area contributed by atoms with Crippen molar-refractivity contribution in [2.45, 2.75) is 32.5 Å². The van der Waals surface area contributed by atoms with Gasteiger partial charge in [0.05, 0.1) is 30.2 Å². The fourth-order valence-electron chi connectivity index (χ4n) is 1.59. The maximum atomic E-state index is 12.9. The average molecular weight is 300 g/mol. The third-order valence-corrected chi connectivity index (χ3v) is 2.45. The average Bonchev–Trinajstić information content (AvgIpc) is 2.36. The first-order valence-electron chi connectivity index (χ1n) is 6.27. The zero-order valence-corrected chi connectivity index (χ0v) is 11.6. The number of nitrogens with zero attached hydrogens (tertiary/aromatic N) is 1. The molecule has 0 heterocycles. The van der Waals surface area contributed by atoms with Gasteiger partial charge in [-0.15, -0.1) is 0 Å². The van der Waals surface area contributed by atoms with Crippen LogP contribution in [0.2, 0.25) is 0 Å². The van der Waals surface area contributed by atoms with Gasteiger partial charge in [-0.1, -0.05) is 0 Å². The van der Waals surface area contributed by atoms with Crippen LogP contribution in [-0.2, 0) is 11.0 Å². The molecule has 0 aliphatic carbocycles. The number of benzene rings is 1. The van der Waals surface area contributed by atoms with E-state index in [-0.39, 0.29) is 36.3 Å². The van der Waals surface area contributed by atoms with Crippen LogP contribution in [0.15, 0.2) is 18.2 Å². The van der Waals surface area contributed by atoms with E-state index >= 15 is 0 Å². The number of nitriles is 1. The molecule has 1 aromatic carbocycles. The molecule has 0 aromatic heterocycles. The molecule has 0 aliphatic heterocycles. The van der Waals surface area contributed by atoms with Gasteiger partial charge in [0.15, 0.2) is 0 Å². The maximum Gasteiger partial charge on any atom is 0.420 e. The standard InChI is InChI=1S/C14H15F3N2O2/c1-9(2)19-13(20)5-6-21-12-4-3-10(8-18)7-11(12)14(15,16)17/h3-4,7,9H,5-6H2,1-2H3,(H,19,20). The Morgan fingerprint density at radius 3 is 2.62 bits per heavy atom. The summed E-state index contributed by atoms with van der Waals surface area (Å²) in [7, 11) is 0. The molecule has 1 N–H and O–H groups in total. The first-order valence-corrected chi connectivity index (χ1v) is 6.27. The monoisotopic (exact) mass is 300 g/mol. The van der Waals surface area contributed by atoms with Gasteiger partial charge in [0.2, 0.25) is 5.91 Å². The van der Waals surface area contributed by atoms with Crippen LogP contribution in [0.1, 0.15) is 31.4 Å². The predicted octanol–water partition coefficient (Wildman–Crippen LogP) is 2.87. The van der Waals surface area contributed by atoms with Gasteiger partial charge in [0.25, 0.3) is 0 Å². The first-order chi connectivity index (χ1) is 9.74.